The van der Waals surface area contributed by atoms with Crippen molar-refractivity contribution in [3.63, 3.8) is 0 Å². The van der Waals surface area contributed by atoms with Crippen LogP contribution in [0.4, 0.5) is 0 Å². The maximum Gasteiger partial charge on any atom is 0.0472 e. The first-order valence-electron chi connectivity index (χ1n) is 7.87. The van der Waals surface area contributed by atoms with E-state index in [4.69, 9.17) is 0 Å². The van der Waals surface area contributed by atoms with Gasteiger partial charge in [-0.2, -0.15) is 0 Å². The summed E-state index contributed by atoms with van der Waals surface area (Å²) < 4.78 is 0. The average molecular weight is 300 g/mol. The molecular weight excluding hydrogens is 276 g/mol. The Morgan fingerprint density at radius 2 is 1.90 bits per heavy atom. The number of benzene rings is 1. The van der Waals surface area contributed by atoms with E-state index in [0.717, 1.165) is 13.1 Å². The van der Waals surface area contributed by atoms with Crippen molar-refractivity contribution < 1.29 is 0 Å². The van der Waals surface area contributed by atoms with Gasteiger partial charge in [-0.15, -0.1) is 11.3 Å². The topological polar surface area (TPSA) is 15.3 Å². The van der Waals surface area contributed by atoms with Crippen molar-refractivity contribution in [1.29, 1.82) is 0 Å². The van der Waals surface area contributed by atoms with Crippen molar-refractivity contribution in [3.8, 4) is 0 Å². The molecule has 0 spiro atoms. The van der Waals surface area contributed by atoms with E-state index in [1.165, 1.54) is 41.9 Å². The van der Waals surface area contributed by atoms with Gasteiger partial charge in [-0.25, -0.2) is 0 Å². The van der Waals surface area contributed by atoms with Gasteiger partial charge in [-0.05, 0) is 55.4 Å². The molecular formula is C18H24N2S. The molecule has 0 aliphatic carbocycles. The SMILES string of the molecule is Cc1ccsc1CNCC(c1ccccc1)N1CCCC1. The van der Waals surface area contributed by atoms with Crippen LogP contribution in [-0.2, 0) is 6.54 Å². The summed E-state index contributed by atoms with van der Waals surface area (Å²) in [5, 5.41) is 5.85. The Bertz CT molecular complexity index is 543. The second kappa shape index (κ2) is 7.21. The van der Waals surface area contributed by atoms with Gasteiger partial charge in [0, 0.05) is 24.0 Å². The Morgan fingerprint density at radius 3 is 2.57 bits per heavy atom. The van der Waals surface area contributed by atoms with Gasteiger partial charge < -0.3 is 5.32 Å². The van der Waals surface area contributed by atoms with Crippen LogP contribution in [0.15, 0.2) is 41.8 Å². The van der Waals surface area contributed by atoms with Gasteiger partial charge in [-0.3, -0.25) is 4.90 Å². The third-order valence-electron chi connectivity index (χ3n) is 4.36. The number of nitrogens with one attached hydrogen (secondary N) is 1. The zero-order valence-electron chi connectivity index (χ0n) is 12.7. The number of nitrogens with zero attached hydrogens (tertiary/aromatic N) is 1. The minimum atomic E-state index is 0.508. The summed E-state index contributed by atoms with van der Waals surface area (Å²) in [5.41, 5.74) is 2.85. The van der Waals surface area contributed by atoms with Gasteiger partial charge in [0.25, 0.3) is 0 Å². The minimum Gasteiger partial charge on any atom is -0.310 e. The highest BCUT2D eigenvalue weighted by Crippen LogP contribution is 2.24. The number of aryl methyl sites for hydroxylation is 1. The van der Waals surface area contributed by atoms with Crippen LogP contribution in [0.2, 0.25) is 0 Å². The Kier molecular flexibility index (Phi) is 5.07. The van der Waals surface area contributed by atoms with Crippen molar-refractivity contribution in [2.24, 2.45) is 0 Å². The molecule has 1 N–H and O–H groups in total. The van der Waals surface area contributed by atoms with Gasteiger partial charge >= 0.3 is 0 Å². The molecule has 112 valence electrons. The van der Waals surface area contributed by atoms with Crippen LogP contribution < -0.4 is 5.32 Å². The average Bonchev–Trinajstić information content (AvgIpc) is 3.17. The van der Waals surface area contributed by atoms with E-state index in [9.17, 15) is 0 Å². The zero-order valence-corrected chi connectivity index (χ0v) is 13.5. The molecule has 2 nitrogen and oxygen atoms in total. The molecule has 1 aliphatic rings. The lowest BCUT2D eigenvalue weighted by molar-refractivity contribution is 0.238. The van der Waals surface area contributed by atoms with Crippen LogP contribution in [0, 0.1) is 6.92 Å². The summed E-state index contributed by atoms with van der Waals surface area (Å²) in [7, 11) is 0. The van der Waals surface area contributed by atoms with Crippen LogP contribution in [0.25, 0.3) is 0 Å². The standard InChI is InChI=1S/C18H24N2S/c1-15-9-12-21-18(15)14-19-13-17(20-10-5-6-11-20)16-7-3-2-4-8-16/h2-4,7-9,12,17,19H,5-6,10-11,13-14H2,1H3. The fourth-order valence-electron chi connectivity index (χ4n) is 3.09. The first-order chi connectivity index (χ1) is 10.3. The van der Waals surface area contributed by atoms with Crippen LogP contribution in [0.3, 0.4) is 0 Å². The van der Waals surface area contributed by atoms with Crippen molar-refractivity contribution in [2.45, 2.75) is 32.4 Å². The second-order valence-electron chi connectivity index (χ2n) is 5.83. The molecule has 0 radical (unpaired) electrons. The van der Waals surface area contributed by atoms with E-state index < -0.39 is 0 Å². The first-order valence-corrected chi connectivity index (χ1v) is 8.75. The summed E-state index contributed by atoms with van der Waals surface area (Å²) in [6, 6.07) is 13.7. The lowest BCUT2D eigenvalue weighted by atomic mass is 10.1. The normalized spacial score (nSPS) is 17.2. The molecule has 0 amide bonds. The highest BCUT2D eigenvalue weighted by Gasteiger charge is 2.22. The first kappa shape index (κ1) is 14.8. The molecule has 0 saturated carbocycles. The fraction of sp³-hybridized carbons (Fsp3) is 0.444. The maximum atomic E-state index is 3.67. The summed E-state index contributed by atoms with van der Waals surface area (Å²) in [5.74, 6) is 0. The molecule has 1 aliphatic heterocycles. The van der Waals surface area contributed by atoms with Crippen molar-refractivity contribution >= 4 is 11.3 Å². The second-order valence-corrected chi connectivity index (χ2v) is 6.83. The lowest BCUT2D eigenvalue weighted by Crippen LogP contribution is -2.33. The quantitative estimate of drug-likeness (QED) is 0.868. The summed E-state index contributed by atoms with van der Waals surface area (Å²) in [6.07, 6.45) is 2.68. The Hall–Kier alpha value is -1.16. The van der Waals surface area contributed by atoms with E-state index in [0.29, 0.717) is 6.04 Å². The molecule has 1 unspecified atom stereocenters. The van der Waals surface area contributed by atoms with Crippen LogP contribution >= 0.6 is 11.3 Å². The molecule has 1 saturated heterocycles. The molecule has 3 heteroatoms. The van der Waals surface area contributed by atoms with Crippen molar-refractivity contribution in [2.75, 3.05) is 19.6 Å². The number of hydrogen-bond donors (Lipinski definition) is 1. The molecule has 2 aromatic rings. The van der Waals surface area contributed by atoms with Gasteiger partial charge in [-0.1, -0.05) is 30.3 Å². The molecule has 1 aromatic heterocycles. The summed E-state index contributed by atoms with van der Waals surface area (Å²) in [6.45, 7) is 6.68. The highest BCUT2D eigenvalue weighted by molar-refractivity contribution is 7.10. The van der Waals surface area contributed by atoms with E-state index in [1.54, 1.807) is 0 Å². The van der Waals surface area contributed by atoms with E-state index in [2.05, 4.69) is 58.9 Å². The third-order valence-corrected chi connectivity index (χ3v) is 5.38. The minimum absolute atomic E-state index is 0.508. The van der Waals surface area contributed by atoms with Crippen LogP contribution in [-0.4, -0.2) is 24.5 Å². The summed E-state index contributed by atoms with van der Waals surface area (Å²) >= 11 is 1.85. The van der Waals surface area contributed by atoms with E-state index in [1.807, 2.05) is 11.3 Å². The molecule has 1 atom stereocenters. The van der Waals surface area contributed by atoms with Gasteiger partial charge in [0.1, 0.15) is 0 Å². The van der Waals surface area contributed by atoms with Crippen molar-refractivity contribution in [1.82, 2.24) is 10.2 Å². The molecule has 3 rings (SSSR count). The van der Waals surface area contributed by atoms with E-state index >= 15 is 0 Å². The lowest BCUT2D eigenvalue weighted by Gasteiger charge is -2.28. The highest BCUT2D eigenvalue weighted by atomic mass is 32.1. The number of likely N-dealkylation sites (tertiary alicyclic amines) is 1. The largest absolute Gasteiger partial charge is 0.310 e. The molecule has 0 bridgehead atoms. The van der Waals surface area contributed by atoms with Gasteiger partial charge in [0.15, 0.2) is 0 Å². The molecule has 1 aromatic carbocycles. The molecule has 2 heterocycles. The fourth-order valence-corrected chi connectivity index (χ4v) is 3.97. The molecule has 21 heavy (non-hydrogen) atoms. The Morgan fingerprint density at radius 1 is 1.14 bits per heavy atom. The predicted octanol–water partition coefficient (Wildman–Crippen LogP) is 3.98. The maximum absolute atomic E-state index is 3.67. The Balaban J connectivity index is 1.63. The van der Waals surface area contributed by atoms with Crippen LogP contribution in [0.5, 0.6) is 0 Å². The van der Waals surface area contributed by atoms with Crippen molar-refractivity contribution in [3.05, 3.63) is 57.8 Å². The monoisotopic (exact) mass is 300 g/mol. The Labute approximate surface area is 131 Å². The molecule has 1 fully saturated rings. The smallest absolute Gasteiger partial charge is 0.0472 e. The zero-order chi connectivity index (χ0) is 14.5. The van der Waals surface area contributed by atoms with Crippen LogP contribution in [0.1, 0.15) is 34.9 Å². The predicted molar refractivity (Wildman–Crippen MR) is 90.8 cm³/mol. The van der Waals surface area contributed by atoms with Gasteiger partial charge in [0.05, 0.1) is 0 Å². The number of rotatable bonds is 6. The summed E-state index contributed by atoms with van der Waals surface area (Å²) in [4.78, 5) is 4.09. The van der Waals surface area contributed by atoms with E-state index in [-0.39, 0.29) is 0 Å². The third kappa shape index (κ3) is 3.73. The van der Waals surface area contributed by atoms with Gasteiger partial charge in [0.2, 0.25) is 0 Å². The number of thiophene rings is 1. The number of hydrogen-bond acceptors (Lipinski definition) is 3.